The van der Waals surface area contributed by atoms with E-state index in [2.05, 4.69) is 15.9 Å². The van der Waals surface area contributed by atoms with Crippen LogP contribution in [0.1, 0.15) is 10.8 Å². The van der Waals surface area contributed by atoms with Gasteiger partial charge in [0.1, 0.15) is 0 Å². The Balaban J connectivity index is 3.49. The second-order valence-electron chi connectivity index (χ2n) is 3.06. The van der Waals surface area contributed by atoms with Crippen LogP contribution >= 0.6 is 38.2 Å². The van der Waals surface area contributed by atoms with Crippen LogP contribution in [0.25, 0.3) is 0 Å². The number of alkyl halides is 3. The molecule has 0 aliphatic heterocycles. The van der Waals surface area contributed by atoms with Gasteiger partial charge in [-0.3, -0.25) is 0 Å². The number of hydrogen-bond donors (Lipinski definition) is 0. The average Bonchev–Trinajstić information content (AvgIpc) is 2.06. The zero-order chi connectivity index (χ0) is 13.4. The predicted octanol–water partition coefficient (Wildman–Crippen LogP) is 4.27. The molecular formula is C8H4BrCl2F3O2S. The predicted molar refractivity (Wildman–Crippen MR) is 62.7 cm³/mol. The molecule has 0 aromatic heterocycles. The molecule has 1 rings (SSSR count). The molecule has 0 spiro atoms. The monoisotopic (exact) mass is 370 g/mol. The van der Waals surface area contributed by atoms with Crippen molar-refractivity contribution in [2.75, 3.05) is 0 Å². The van der Waals surface area contributed by atoms with Crippen LogP contribution in [0.5, 0.6) is 0 Å². The fourth-order valence-corrected chi connectivity index (χ4v) is 3.42. The van der Waals surface area contributed by atoms with Crippen molar-refractivity contribution in [2.45, 2.75) is 11.4 Å². The van der Waals surface area contributed by atoms with Gasteiger partial charge in [0.05, 0.1) is 0 Å². The van der Waals surface area contributed by atoms with E-state index in [9.17, 15) is 21.6 Å². The fraction of sp³-hybridized carbons (Fsp3) is 0.250. The SMILES string of the molecule is O=S(=O)(Cl)C(c1cc(Cl)ccc1Br)C(F)(F)F. The number of halogens is 6. The molecule has 1 aromatic rings. The summed E-state index contributed by atoms with van der Waals surface area (Å²) in [6.45, 7) is 0. The van der Waals surface area contributed by atoms with Crippen molar-refractivity contribution in [3.8, 4) is 0 Å². The molecule has 0 bridgehead atoms. The van der Waals surface area contributed by atoms with Gasteiger partial charge in [-0.1, -0.05) is 27.5 Å². The van der Waals surface area contributed by atoms with Crippen LogP contribution < -0.4 is 0 Å². The van der Waals surface area contributed by atoms with Crippen LogP contribution in [-0.2, 0) is 9.05 Å². The first kappa shape index (κ1) is 15.1. The lowest BCUT2D eigenvalue weighted by Crippen LogP contribution is -2.26. The van der Waals surface area contributed by atoms with Crippen LogP contribution in [0.4, 0.5) is 13.2 Å². The molecule has 0 aliphatic rings. The van der Waals surface area contributed by atoms with Gasteiger partial charge in [-0.15, -0.1) is 0 Å². The summed E-state index contributed by atoms with van der Waals surface area (Å²) >= 11 is 8.37. The molecule has 0 aliphatic carbocycles. The first-order valence-corrected chi connectivity index (χ1v) is 7.53. The summed E-state index contributed by atoms with van der Waals surface area (Å²) in [5.41, 5.74) is -0.542. The Morgan fingerprint density at radius 3 is 2.24 bits per heavy atom. The molecule has 2 nitrogen and oxygen atoms in total. The molecule has 17 heavy (non-hydrogen) atoms. The van der Waals surface area contributed by atoms with Gasteiger partial charge in [-0.25, -0.2) is 8.42 Å². The summed E-state index contributed by atoms with van der Waals surface area (Å²) in [5.74, 6) is 0. The molecule has 0 saturated carbocycles. The molecule has 1 atom stereocenters. The summed E-state index contributed by atoms with van der Waals surface area (Å²) in [4.78, 5) is 0. The second-order valence-corrected chi connectivity index (χ2v) is 7.07. The van der Waals surface area contributed by atoms with E-state index in [1.807, 2.05) is 0 Å². The van der Waals surface area contributed by atoms with Gasteiger partial charge in [0.2, 0.25) is 9.05 Å². The van der Waals surface area contributed by atoms with Gasteiger partial charge in [0, 0.05) is 20.2 Å². The normalized spacial score (nSPS) is 14.7. The maximum absolute atomic E-state index is 12.7. The van der Waals surface area contributed by atoms with Gasteiger partial charge >= 0.3 is 6.18 Å². The Morgan fingerprint density at radius 2 is 1.82 bits per heavy atom. The first-order valence-electron chi connectivity index (χ1n) is 3.98. The molecule has 0 radical (unpaired) electrons. The maximum atomic E-state index is 12.7. The molecule has 0 heterocycles. The van der Waals surface area contributed by atoms with Gasteiger partial charge in [-0.05, 0) is 23.8 Å². The van der Waals surface area contributed by atoms with E-state index >= 15 is 0 Å². The van der Waals surface area contributed by atoms with Gasteiger partial charge in [0.15, 0.2) is 5.25 Å². The smallest absolute Gasteiger partial charge is 0.211 e. The maximum Gasteiger partial charge on any atom is 0.410 e. The Hall–Kier alpha value is 0.0200. The second kappa shape index (κ2) is 4.95. The zero-order valence-corrected chi connectivity index (χ0v) is 11.7. The number of hydrogen-bond acceptors (Lipinski definition) is 2. The van der Waals surface area contributed by atoms with E-state index in [-0.39, 0.29) is 9.50 Å². The Morgan fingerprint density at radius 1 is 1.29 bits per heavy atom. The Bertz CT molecular complexity index is 530. The van der Waals surface area contributed by atoms with Crippen LogP contribution in [0.15, 0.2) is 22.7 Å². The molecule has 9 heteroatoms. The minimum absolute atomic E-state index is 0.0160. The summed E-state index contributed by atoms with van der Waals surface area (Å²) in [6.07, 6.45) is -5.02. The minimum atomic E-state index is -5.02. The van der Waals surface area contributed by atoms with Crippen molar-refractivity contribution in [1.82, 2.24) is 0 Å². The summed E-state index contributed by atoms with van der Waals surface area (Å²) in [7, 11) is -0.0254. The quantitative estimate of drug-likeness (QED) is 0.727. The molecule has 0 N–H and O–H groups in total. The minimum Gasteiger partial charge on any atom is -0.211 e. The van der Waals surface area contributed by atoms with Crippen molar-refractivity contribution in [3.63, 3.8) is 0 Å². The van der Waals surface area contributed by atoms with E-state index in [0.29, 0.717) is 0 Å². The van der Waals surface area contributed by atoms with Crippen molar-refractivity contribution in [3.05, 3.63) is 33.3 Å². The third-order valence-corrected chi connectivity index (χ3v) is 4.40. The third kappa shape index (κ3) is 3.74. The fourth-order valence-electron chi connectivity index (χ4n) is 1.20. The highest BCUT2D eigenvalue weighted by Gasteiger charge is 2.50. The number of benzene rings is 1. The zero-order valence-electron chi connectivity index (χ0n) is 7.80. The summed E-state index contributed by atoms with van der Waals surface area (Å²) in [5, 5.41) is -2.83. The summed E-state index contributed by atoms with van der Waals surface area (Å²) < 4.78 is 60.1. The Labute approximate surface area is 113 Å². The van der Waals surface area contributed by atoms with E-state index in [4.69, 9.17) is 22.3 Å². The van der Waals surface area contributed by atoms with Gasteiger partial charge < -0.3 is 0 Å². The van der Waals surface area contributed by atoms with Crippen molar-refractivity contribution < 1.29 is 21.6 Å². The highest BCUT2D eigenvalue weighted by atomic mass is 79.9. The molecule has 0 amide bonds. The van der Waals surface area contributed by atoms with Crippen LogP contribution in [0, 0.1) is 0 Å². The highest BCUT2D eigenvalue weighted by molar-refractivity contribution is 9.10. The summed E-state index contributed by atoms with van der Waals surface area (Å²) in [6, 6.07) is 3.45. The number of rotatable bonds is 2. The lowest BCUT2D eigenvalue weighted by atomic mass is 10.1. The van der Waals surface area contributed by atoms with Crippen molar-refractivity contribution in [1.29, 1.82) is 0 Å². The molecule has 1 unspecified atom stereocenters. The Kier molecular flexibility index (Phi) is 4.39. The lowest BCUT2D eigenvalue weighted by Gasteiger charge is -2.18. The van der Waals surface area contributed by atoms with E-state index in [1.54, 1.807) is 0 Å². The molecule has 96 valence electrons. The van der Waals surface area contributed by atoms with E-state index in [0.717, 1.165) is 6.07 Å². The van der Waals surface area contributed by atoms with Gasteiger partial charge in [0.25, 0.3) is 0 Å². The van der Waals surface area contributed by atoms with Crippen LogP contribution in [0.3, 0.4) is 0 Å². The first-order chi connectivity index (χ1) is 7.53. The van der Waals surface area contributed by atoms with Crippen molar-refractivity contribution in [2.24, 2.45) is 0 Å². The van der Waals surface area contributed by atoms with Crippen molar-refractivity contribution >= 4 is 47.3 Å². The van der Waals surface area contributed by atoms with E-state index < -0.39 is 26.0 Å². The molecule has 1 aromatic carbocycles. The van der Waals surface area contributed by atoms with Gasteiger partial charge in [-0.2, -0.15) is 13.2 Å². The largest absolute Gasteiger partial charge is 0.410 e. The molecule has 0 saturated heterocycles. The molecular weight excluding hydrogens is 368 g/mol. The average molecular weight is 372 g/mol. The highest BCUT2D eigenvalue weighted by Crippen LogP contribution is 2.44. The van der Waals surface area contributed by atoms with Crippen LogP contribution in [0.2, 0.25) is 5.02 Å². The standard InChI is InChI=1S/C8H4BrCl2F3O2S/c9-6-2-1-4(10)3-5(6)7(8(12,13)14)17(11,15)16/h1-3,7H. The topological polar surface area (TPSA) is 34.1 Å². The lowest BCUT2D eigenvalue weighted by molar-refractivity contribution is -0.131. The molecule has 0 fully saturated rings. The van der Waals surface area contributed by atoms with Crippen LogP contribution in [-0.4, -0.2) is 14.6 Å². The third-order valence-electron chi connectivity index (χ3n) is 1.82. The van der Waals surface area contributed by atoms with E-state index in [1.165, 1.54) is 12.1 Å².